The molecule has 0 radical (unpaired) electrons. The smallest absolute Gasteiger partial charge is 0.226 e. The van der Waals surface area contributed by atoms with Crippen molar-refractivity contribution in [2.75, 3.05) is 16.8 Å². The molecule has 0 spiro atoms. The van der Waals surface area contributed by atoms with E-state index in [4.69, 9.17) is 4.74 Å². The van der Waals surface area contributed by atoms with E-state index in [1.54, 1.807) is 41.3 Å². The van der Waals surface area contributed by atoms with Crippen molar-refractivity contribution in [1.82, 2.24) is 0 Å². The maximum absolute atomic E-state index is 12.2. The van der Waals surface area contributed by atoms with Crippen molar-refractivity contribution in [2.24, 2.45) is 0 Å². The fraction of sp³-hybridized carbons (Fsp3) is 0.318. The van der Waals surface area contributed by atoms with Crippen LogP contribution in [-0.2, 0) is 9.59 Å². The van der Waals surface area contributed by atoms with E-state index in [1.165, 1.54) is 13.8 Å². The fourth-order valence-corrected chi connectivity index (χ4v) is 2.67. The minimum Gasteiger partial charge on any atom is -0.491 e. The molecule has 1 N–H and O–H groups in total. The first-order chi connectivity index (χ1) is 13.3. The molecule has 6 nitrogen and oxygen atoms in total. The minimum atomic E-state index is -0.207. The third-order valence-corrected chi connectivity index (χ3v) is 4.04. The fourth-order valence-electron chi connectivity index (χ4n) is 2.67. The van der Waals surface area contributed by atoms with Crippen LogP contribution < -0.4 is 15.0 Å². The summed E-state index contributed by atoms with van der Waals surface area (Å²) in [4.78, 5) is 37.1. The molecule has 0 saturated heterocycles. The lowest BCUT2D eigenvalue weighted by atomic mass is 10.1. The van der Waals surface area contributed by atoms with Gasteiger partial charge >= 0.3 is 0 Å². The van der Waals surface area contributed by atoms with E-state index in [0.29, 0.717) is 16.9 Å². The molecule has 2 aromatic rings. The number of anilines is 2. The molecule has 2 rings (SSSR count). The Kier molecular flexibility index (Phi) is 7.32. The van der Waals surface area contributed by atoms with Crippen molar-refractivity contribution >= 4 is 29.0 Å². The van der Waals surface area contributed by atoms with Crippen molar-refractivity contribution < 1.29 is 19.1 Å². The molecule has 28 heavy (non-hydrogen) atoms. The maximum Gasteiger partial charge on any atom is 0.226 e. The number of nitrogens with zero attached hydrogens (tertiary/aromatic N) is 1. The predicted molar refractivity (Wildman–Crippen MR) is 110 cm³/mol. The first-order valence-corrected chi connectivity index (χ1v) is 9.22. The third-order valence-electron chi connectivity index (χ3n) is 4.04. The monoisotopic (exact) mass is 382 g/mol. The van der Waals surface area contributed by atoms with Crippen LogP contribution in [0.1, 0.15) is 44.5 Å². The molecule has 0 aliphatic carbocycles. The van der Waals surface area contributed by atoms with Gasteiger partial charge in [-0.3, -0.25) is 14.4 Å². The molecule has 6 heteroatoms. The molecule has 2 amide bonds. The number of benzene rings is 2. The Bertz CT molecular complexity index is 827. The number of nitrogens with one attached hydrogen (secondary N) is 1. The van der Waals surface area contributed by atoms with E-state index < -0.39 is 0 Å². The Morgan fingerprint density at radius 3 is 2.07 bits per heavy atom. The summed E-state index contributed by atoms with van der Waals surface area (Å²) in [6.07, 6.45) is 0.223. The second kappa shape index (κ2) is 9.69. The quantitative estimate of drug-likeness (QED) is 0.699. The lowest BCUT2D eigenvalue weighted by molar-refractivity contribution is -0.117. The molecule has 0 bridgehead atoms. The van der Waals surface area contributed by atoms with Gasteiger partial charge in [0.05, 0.1) is 6.10 Å². The summed E-state index contributed by atoms with van der Waals surface area (Å²) in [5, 5.41) is 2.78. The second-order valence-corrected chi connectivity index (χ2v) is 6.76. The van der Waals surface area contributed by atoms with Crippen LogP contribution in [0.25, 0.3) is 0 Å². The molecule has 148 valence electrons. The van der Waals surface area contributed by atoms with Gasteiger partial charge in [-0.2, -0.15) is 0 Å². The standard InChI is InChI=1S/C22H26N2O4/c1-15(2)28-21-11-9-20(10-12-21)24(17(4)26)14-13-22(27)23-19-7-5-18(6-8-19)16(3)25/h5-12,15H,13-14H2,1-4H3,(H,23,27). The molecule has 0 aliphatic heterocycles. The molecule has 0 fully saturated rings. The van der Waals surface area contributed by atoms with Gasteiger partial charge in [0, 0.05) is 36.8 Å². The van der Waals surface area contributed by atoms with Crippen LogP contribution >= 0.6 is 0 Å². The van der Waals surface area contributed by atoms with Gasteiger partial charge in [0.15, 0.2) is 5.78 Å². The molecule has 2 aromatic carbocycles. The van der Waals surface area contributed by atoms with Gasteiger partial charge in [-0.05, 0) is 69.3 Å². The number of amides is 2. The Morgan fingerprint density at radius 1 is 0.964 bits per heavy atom. The van der Waals surface area contributed by atoms with Gasteiger partial charge in [-0.1, -0.05) is 0 Å². The van der Waals surface area contributed by atoms with E-state index in [-0.39, 0.29) is 36.7 Å². The van der Waals surface area contributed by atoms with Gasteiger partial charge in [0.1, 0.15) is 5.75 Å². The number of carbonyl (C=O) groups excluding carboxylic acids is 3. The molecule has 0 saturated carbocycles. The van der Waals surface area contributed by atoms with E-state index >= 15 is 0 Å². The van der Waals surface area contributed by atoms with Gasteiger partial charge in [-0.15, -0.1) is 0 Å². The first kappa shape index (κ1) is 21.2. The van der Waals surface area contributed by atoms with Crippen molar-refractivity contribution in [3.05, 3.63) is 54.1 Å². The predicted octanol–water partition coefficient (Wildman–Crippen LogP) is 4.06. The summed E-state index contributed by atoms with van der Waals surface area (Å²) in [5.74, 6) is 0.353. The summed E-state index contributed by atoms with van der Waals surface area (Å²) in [7, 11) is 0. The molecular formula is C22H26N2O4. The van der Waals surface area contributed by atoms with Crippen LogP contribution in [0.4, 0.5) is 11.4 Å². The molecule has 0 aromatic heterocycles. The zero-order valence-corrected chi connectivity index (χ0v) is 16.7. The number of ketones is 1. The van der Waals surface area contributed by atoms with Crippen LogP contribution in [0.3, 0.4) is 0 Å². The molecule has 0 atom stereocenters. The Morgan fingerprint density at radius 2 is 1.57 bits per heavy atom. The van der Waals surface area contributed by atoms with Gasteiger partial charge in [0.2, 0.25) is 11.8 Å². The van der Waals surface area contributed by atoms with Crippen molar-refractivity contribution in [2.45, 2.75) is 40.2 Å². The Hall–Kier alpha value is -3.15. The average molecular weight is 382 g/mol. The number of Topliss-reactive ketones (excluding diaryl/α,β-unsaturated/α-hetero) is 1. The minimum absolute atomic E-state index is 0.0280. The summed E-state index contributed by atoms with van der Waals surface area (Å²) >= 11 is 0. The van der Waals surface area contributed by atoms with Crippen LogP contribution in [0.2, 0.25) is 0 Å². The molecule has 0 unspecified atom stereocenters. The van der Waals surface area contributed by atoms with Crippen LogP contribution in [0.15, 0.2) is 48.5 Å². The number of ether oxygens (including phenoxy) is 1. The third kappa shape index (κ3) is 6.23. The van der Waals surface area contributed by atoms with E-state index in [0.717, 1.165) is 5.75 Å². The van der Waals surface area contributed by atoms with Crippen LogP contribution in [0.5, 0.6) is 5.75 Å². The number of hydrogen-bond acceptors (Lipinski definition) is 4. The van der Waals surface area contributed by atoms with Gasteiger partial charge in [-0.25, -0.2) is 0 Å². The van der Waals surface area contributed by atoms with Crippen molar-refractivity contribution in [1.29, 1.82) is 0 Å². The molecular weight excluding hydrogens is 356 g/mol. The maximum atomic E-state index is 12.2. The highest BCUT2D eigenvalue weighted by Gasteiger charge is 2.14. The van der Waals surface area contributed by atoms with Crippen molar-refractivity contribution in [3.63, 3.8) is 0 Å². The van der Waals surface area contributed by atoms with Gasteiger partial charge < -0.3 is 15.0 Å². The number of rotatable bonds is 8. The van der Waals surface area contributed by atoms with E-state index in [2.05, 4.69) is 5.32 Å². The van der Waals surface area contributed by atoms with Crippen molar-refractivity contribution in [3.8, 4) is 5.75 Å². The highest BCUT2D eigenvalue weighted by atomic mass is 16.5. The zero-order valence-electron chi connectivity index (χ0n) is 16.7. The Balaban J connectivity index is 1.96. The highest BCUT2D eigenvalue weighted by molar-refractivity contribution is 5.96. The summed E-state index contributed by atoms with van der Waals surface area (Å²) < 4.78 is 5.61. The lowest BCUT2D eigenvalue weighted by Gasteiger charge is -2.21. The molecule has 0 aliphatic rings. The summed E-state index contributed by atoms with van der Waals surface area (Å²) in [6, 6.07) is 13.9. The largest absolute Gasteiger partial charge is 0.491 e. The summed E-state index contributed by atoms with van der Waals surface area (Å²) in [5.41, 5.74) is 1.91. The Labute approximate surface area is 165 Å². The summed E-state index contributed by atoms with van der Waals surface area (Å²) in [6.45, 7) is 7.11. The van der Waals surface area contributed by atoms with E-state index in [1.807, 2.05) is 26.0 Å². The topological polar surface area (TPSA) is 75.7 Å². The number of carbonyl (C=O) groups is 3. The SMILES string of the molecule is CC(=O)c1ccc(NC(=O)CCN(C(C)=O)c2ccc(OC(C)C)cc2)cc1. The number of hydrogen-bond donors (Lipinski definition) is 1. The lowest BCUT2D eigenvalue weighted by Crippen LogP contribution is -2.31. The first-order valence-electron chi connectivity index (χ1n) is 9.22. The molecule has 0 heterocycles. The second-order valence-electron chi connectivity index (χ2n) is 6.76. The normalized spacial score (nSPS) is 10.5. The average Bonchev–Trinajstić information content (AvgIpc) is 2.63. The zero-order chi connectivity index (χ0) is 20.7. The van der Waals surface area contributed by atoms with Crippen LogP contribution in [0, 0.1) is 0 Å². The van der Waals surface area contributed by atoms with E-state index in [9.17, 15) is 14.4 Å². The van der Waals surface area contributed by atoms with Gasteiger partial charge in [0.25, 0.3) is 0 Å². The van der Waals surface area contributed by atoms with Crippen LogP contribution in [-0.4, -0.2) is 30.2 Å². The highest BCUT2D eigenvalue weighted by Crippen LogP contribution is 2.21.